The summed E-state index contributed by atoms with van der Waals surface area (Å²) in [7, 11) is 0. The number of imidazole rings is 1. The van der Waals surface area contributed by atoms with Crippen LogP contribution in [0.3, 0.4) is 0 Å². The first-order chi connectivity index (χ1) is 6.97. The maximum Gasteiger partial charge on any atom is 0.337 e. The van der Waals surface area contributed by atoms with E-state index in [1.165, 1.54) is 6.92 Å². The number of carbonyl (C=O) groups is 1. The van der Waals surface area contributed by atoms with E-state index in [0.717, 1.165) is 18.7 Å². The average molecular weight is 212 g/mol. The molecule has 0 aromatic carbocycles. The van der Waals surface area contributed by atoms with E-state index in [2.05, 4.69) is 4.98 Å². The fourth-order valence-electron chi connectivity index (χ4n) is 1.34. The highest BCUT2D eigenvalue weighted by Gasteiger charge is 2.30. The zero-order valence-corrected chi connectivity index (χ0v) is 8.97. The molecule has 1 aromatic heterocycles. The van der Waals surface area contributed by atoms with E-state index in [1.807, 2.05) is 6.92 Å². The molecule has 84 valence electrons. The molecule has 0 radical (unpaired) electrons. The van der Waals surface area contributed by atoms with Gasteiger partial charge in [0.2, 0.25) is 0 Å². The lowest BCUT2D eigenvalue weighted by atomic mass is 10.1. The lowest BCUT2D eigenvalue weighted by Gasteiger charge is -2.19. The fraction of sp³-hybridized carbons (Fsp3) is 0.600. The van der Waals surface area contributed by atoms with Gasteiger partial charge in [0.15, 0.2) is 5.60 Å². The van der Waals surface area contributed by atoms with E-state index in [1.54, 1.807) is 17.0 Å². The number of carboxylic acids is 1. The minimum Gasteiger partial charge on any atom is -0.479 e. The number of nitrogens with zero attached hydrogens (tertiary/aromatic N) is 2. The van der Waals surface area contributed by atoms with E-state index >= 15 is 0 Å². The van der Waals surface area contributed by atoms with Crippen molar-refractivity contribution in [3.8, 4) is 0 Å². The summed E-state index contributed by atoms with van der Waals surface area (Å²) in [5.41, 5.74) is -1.75. The number of aliphatic carboxylic acids is 1. The number of hydrogen-bond acceptors (Lipinski definition) is 3. The third-order valence-electron chi connectivity index (χ3n) is 2.21. The van der Waals surface area contributed by atoms with Gasteiger partial charge >= 0.3 is 5.97 Å². The van der Waals surface area contributed by atoms with Gasteiger partial charge in [-0.05, 0) is 13.3 Å². The minimum atomic E-state index is -1.75. The SMILES string of the molecule is CCCc1nccn1CC(C)(O)C(=O)O. The van der Waals surface area contributed by atoms with Crippen LogP contribution in [0, 0.1) is 0 Å². The largest absolute Gasteiger partial charge is 0.479 e. The van der Waals surface area contributed by atoms with Crippen LogP contribution in [-0.2, 0) is 17.8 Å². The van der Waals surface area contributed by atoms with Gasteiger partial charge in [-0.2, -0.15) is 0 Å². The van der Waals surface area contributed by atoms with Gasteiger partial charge < -0.3 is 14.8 Å². The monoisotopic (exact) mass is 212 g/mol. The van der Waals surface area contributed by atoms with Crippen molar-refractivity contribution >= 4 is 5.97 Å². The smallest absolute Gasteiger partial charge is 0.337 e. The van der Waals surface area contributed by atoms with Gasteiger partial charge in [0.05, 0.1) is 6.54 Å². The Balaban J connectivity index is 2.80. The first-order valence-corrected chi connectivity index (χ1v) is 4.93. The number of aryl methyl sites for hydroxylation is 1. The zero-order valence-electron chi connectivity index (χ0n) is 8.97. The van der Waals surface area contributed by atoms with Crippen LogP contribution in [0.5, 0.6) is 0 Å². The van der Waals surface area contributed by atoms with Crippen molar-refractivity contribution in [1.29, 1.82) is 0 Å². The Morgan fingerprint density at radius 3 is 2.87 bits per heavy atom. The Bertz CT molecular complexity index is 344. The van der Waals surface area contributed by atoms with E-state index < -0.39 is 11.6 Å². The summed E-state index contributed by atoms with van der Waals surface area (Å²) in [6.45, 7) is 3.33. The molecule has 1 unspecified atom stereocenters. The standard InChI is InChI=1S/C10H16N2O3/c1-3-4-8-11-5-6-12(8)7-10(2,15)9(13)14/h5-6,15H,3-4,7H2,1-2H3,(H,13,14). The molecule has 5 heteroatoms. The highest BCUT2D eigenvalue weighted by atomic mass is 16.4. The Morgan fingerprint density at radius 1 is 1.67 bits per heavy atom. The molecule has 0 spiro atoms. The number of rotatable bonds is 5. The van der Waals surface area contributed by atoms with E-state index in [-0.39, 0.29) is 6.54 Å². The van der Waals surface area contributed by atoms with Crippen LogP contribution in [0.2, 0.25) is 0 Å². The second-order valence-corrected chi connectivity index (χ2v) is 3.80. The molecule has 0 saturated heterocycles. The van der Waals surface area contributed by atoms with Gasteiger partial charge in [0.1, 0.15) is 5.82 Å². The second-order valence-electron chi connectivity index (χ2n) is 3.80. The minimum absolute atomic E-state index is 0.0255. The molecule has 1 atom stereocenters. The highest BCUT2D eigenvalue weighted by Crippen LogP contribution is 2.10. The second kappa shape index (κ2) is 4.44. The molecule has 0 aliphatic heterocycles. The Labute approximate surface area is 88.4 Å². The molecule has 1 aromatic rings. The summed E-state index contributed by atoms with van der Waals surface area (Å²) in [5.74, 6) is -0.419. The molecule has 0 aliphatic rings. The Hall–Kier alpha value is -1.36. The zero-order chi connectivity index (χ0) is 11.5. The summed E-state index contributed by atoms with van der Waals surface area (Å²) >= 11 is 0. The van der Waals surface area contributed by atoms with Crippen molar-refractivity contribution in [1.82, 2.24) is 9.55 Å². The molecule has 1 rings (SSSR count). The molecule has 0 bridgehead atoms. The number of carboxylic acid groups (broad SMARTS) is 1. The normalized spacial score (nSPS) is 14.9. The van der Waals surface area contributed by atoms with Crippen LogP contribution in [-0.4, -0.2) is 31.3 Å². The molecule has 0 aliphatic carbocycles. The van der Waals surface area contributed by atoms with Crippen LogP contribution in [0.15, 0.2) is 12.4 Å². The molecular weight excluding hydrogens is 196 g/mol. The molecule has 0 amide bonds. The molecule has 0 saturated carbocycles. The Morgan fingerprint density at radius 2 is 2.33 bits per heavy atom. The summed E-state index contributed by atoms with van der Waals surface area (Å²) in [6, 6.07) is 0. The fourth-order valence-corrected chi connectivity index (χ4v) is 1.34. The van der Waals surface area contributed by atoms with Gasteiger partial charge in [0.25, 0.3) is 0 Å². The van der Waals surface area contributed by atoms with Crippen molar-refractivity contribution in [2.24, 2.45) is 0 Å². The summed E-state index contributed by atoms with van der Waals surface area (Å²) < 4.78 is 1.68. The van der Waals surface area contributed by atoms with Gasteiger partial charge in [-0.1, -0.05) is 6.92 Å². The van der Waals surface area contributed by atoms with Crippen molar-refractivity contribution in [2.45, 2.75) is 38.8 Å². The maximum absolute atomic E-state index is 10.7. The number of aliphatic hydroxyl groups is 1. The van der Waals surface area contributed by atoms with Crippen molar-refractivity contribution in [2.75, 3.05) is 0 Å². The van der Waals surface area contributed by atoms with Gasteiger partial charge in [-0.25, -0.2) is 9.78 Å². The molecule has 15 heavy (non-hydrogen) atoms. The predicted molar refractivity (Wildman–Crippen MR) is 54.5 cm³/mol. The van der Waals surface area contributed by atoms with Crippen LogP contribution < -0.4 is 0 Å². The molecule has 0 fully saturated rings. The van der Waals surface area contributed by atoms with E-state index in [0.29, 0.717) is 0 Å². The lowest BCUT2D eigenvalue weighted by Crippen LogP contribution is -2.39. The maximum atomic E-state index is 10.7. The van der Waals surface area contributed by atoms with E-state index in [9.17, 15) is 9.90 Å². The van der Waals surface area contributed by atoms with E-state index in [4.69, 9.17) is 5.11 Å². The summed E-state index contributed by atoms with van der Waals surface area (Å²) in [6.07, 6.45) is 5.01. The molecular formula is C10H16N2O3. The van der Waals surface area contributed by atoms with Gasteiger partial charge in [0, 0.05) is 18.8 Å². The lowest BCUT2D eigenvalue weighted by molar-refractivity contribution is -0.157. The summed E-state index contributed by atoms with van der Waals surface area (Å²) in [5, 5.41) is 18.4. The quantitative estimate of drug-likeness (QED) is 0.752. The van der Waals surface area contributed by atoms with Gasteiger partial charge in [-0.15, -0.1) is 0 Å². The first-order valence-electron chi connectivity index (χ1n) is 4.93. The first kappa shape index (κ1) is 11.7. The van der Waals surface area contributed by atoms with Crippen LogP contribution >= 0.6 is 0 Å². The molecule has 2 N–H and O–H groups in total. The highest BCUT2D eigenvalue weighted by molar-refractivity contribution is 5.76. The summed E-state index contributed by atoms with van der Waals surface area (Å²) in [4.78, 5) is 14.8. The number of hydrogen-bond donors (Lipinski definition) is 2. The average Bonchev–Trinajstić information content (AvgIpc) is 2.52. The predicted octanol–water partition coefficient (Wildman–Crippen LogP) is 0.671. The van der Waals surface area contributed by atoms with Crippen molar-refractivity contribution in [3.63, 3.8) is 0 Å². The van der Waals surface area contributed by atoms with Gasteiger partial charge in [-0.3, -0.25) is 0 Å². The Kier molecular flexibility index (Phi) is 3.47. The van der Waals surface area contributed by atoms with Crippen molar-refractivity contribution < 1.29 is 15.0 Å². The number of aromatic nitrogens is 2. The van der Waals surface area contributed by atoms with Crippen LogP contribution in [0.4, 0.5) is 0 Å². The van der Waals surface area contributed by atoms with Crippen LogP contribution in [0.25, 0.3) is 0 Å². The molecule has 1 heterocycles. The topological polar surface area (TPSA) is 75.3 Å². The van der Waals surface area contributed by atoms with Crippen molar-refractivity contribution in [3.05, 3.63) is 18.2 Å². The molecule has 5 nitrogen and oxygen atoms in total. The third kappa shape index (κ3) is 2.79. The van der Waals surface area contributed by atoms with Crippen LogP contribution in [0.1, 0.15) is 26.1 Å². The third-order valence-corrected chi connectivity index (χ3v) is 2.21.